The average molecular weight is 407 g/mol. The van der Waals surface area contributed by atoms with Gasteiger partial charge in [-0.1, -0.05) is 0 Å². The monoisotopic (exact) mass is 407 g/mol. The fourth-order valence-corrected chi connectivity index (χ4v) is 3.10. The van der Waals surface area contributed by atoms with Crippen LogP contribution in [0.1, 0.15) is 19.1 Å². The van der Waals surface area contributed by atoms with E-state index in [1.54, 1.807) is 7.11 Å². The van der Waals surface area contributed by atoms with Gasteiger partial charge in [0.05, 0.1) is 34.4 Å². The van der Waals surface area contributed by atoms with Crippen molar-refractivity contribution in [3.8, 4) is 5.88 Å². The Labute approximate surface area is 133 Å². The largest absolute Gasteiger partial charge is 0.480 e. The number of methoxy groups -OCH3 is 1. The molecule has 0 spiro atoms. The van der Waals surface area contributed by atoms with Gasteiger partial charge in [0.2, 0.25) is 5.88 Å². The zero-order valence-corrected chi connectivity index (χ0v) is 13.8. The Hall–Kier alpha value is -0.580. The van der Waals surface area contributed by atoms with Gasteiger partial charge in [0.15, 0.2) is 0 Å². The molecular weight excluding hydrogens is 393 g/mol. The lowest BCUT2D eigenvalue weighted by molar-refractivity contribution is -0.0122. The molecule has 2 unspecified atom stereocenters. The molecule has 0 N–H and O–H groups in total. The van der Waals surface area contributed by atoms with Crippen molar-refractivity contribution in [1.82, 2.24) is 14.5 Å². The molecule has 0 bridgehead atoms. The number of aromatic nitrogens is 3. The second-order valence-electron chi connectivity index (χ2n) is 4.48. The summed E-state index contributed by atoms with van der Waals surface area (Å²) in [6.45, 7) is 0.613. The molecule has 0 amide bonds. The van der Waals surface area contributed by atoms with Crippen LogP contribution in [0.5, 0.6) is 5.88 Å². The minimum absolute atomic E-state index is 0.0000765. The van der Waals surface area contributed by atoms with Gasteiger partial charge in [0.25, 0.3) is 0 Å². The SMILES string of the molecule is COc1ncnc2c1ccn2C1CCC(COSI)O1. The summed E-state index contributed by atoms with van der Waals surface area (Å²) in [4.78, 5) is 8.45. The first-order valence-corrected chi connectivity index (χ1v) is 9.53. The van der Waals surface area contributed by atoms with Crippen molar-refractivity contribution in [1.29, 1.82) is 0 Å². The Bertz CT molecular complexity index is 594. The van der Waals surface area contributed by atoms with Gasteiger partial charge in [-0.05, 0) is 18.9 Å². The van der Waals surface area contributed by atoms with E-state index in [4.69, 9.17) is 13.7 Å². The van der Waals surface area contributed by atoms with Crippen LogP contribution < -0.4 is 4.74 Å². The molecule has 1 saturated heterocycles. The van der Waals surface area contributed by atoms with Crippen LogP contribution in [0.4, 0.5) is 0 Å². The zero-order chi connectivity index (χ0) is 13.9. The molecule has 0 aliphatic carbocycles. The smallest absolute Gasteiger partial charge is 0.225 e. The van der Waals surface area contributed by atoms with Crippen LogP contribution in [0.15, 0.2) is 18.6 Å². The third-order valence-electron chi connectivity index (χ3n) is 3.36. The molecule has 8 heteroatoms. The van der Waals surface area contributed by atoms with Gasteiger partial charge in [-0.3, -0.25) is 0 Å². The molecular formula is C12H14IN3O3S. The van der Waals surface area contributed by atoms with Crippen molar-refractivity contribution in [2.24, 2.45) is 0 Å². The van der Waals surface area contributed by atoms with Gasteiger partial charge >= 0.3 is 0 Å². The number of fused-ring (bicyclic) bond motifs is 1. The summed E-state index contributed by atoms with van der Waals surface area (Å²) in [7, 11) is 2.95. The minimum atomic E-state index is -0.0000765. The van der Waals surface area contributed by atoms with Crippen LogP contribution in [-0.2, 0) is 8.92 Å². The molecule has 2 atom stereocenters. The highest BCUT2D eigenvalue weighted by atomic mass is 127. The molecule has 6 nitrogen and oxygen atoms in total. The van der Waals surface area contributed by atoms with Crippen LogP contribution in [-0.4, -0.2) is 34.4 Å². The molecule has 1 aliphatic rings. The highest BCUT2D eigenvalue weighted by Gasteiger charge is 2.28. The predicted octanol–water partition coefficient (Wildman–Crippen LogP) is 3.13. The van der Waals surface area contributed by atoms with E-state index < -0.39 is 0 Å². The van der Waals surface area contributed by atoms with E-state index in [1.807, 2.05) is 16.8 Å². The van der Waals surface area contributed by atoms with Crippen LogP contribution >= 0.6 is 30.4 Å². The molecule has 3 heterocycles. The van der Waals surface area contributed by atoms with E-state index in [0.29, 0.717) is 12.5 Å². The lowest BCUT2D eigenvalue weighted by Gasteiger charge is -2.15. The number of nitrogens with zero attached hydrogens (tertiary/aromatic N) is 3. The predicted molar refractivity (Wildman–Crippen MR) is 84.8 cm³/mol. The fourth-order valence-electron chi connectivity index (χ4n) is 2.46. The Morgan fingerprint density at radius 3 is 3.20 bits per heavy atom. The highest BCUT2D eigenvalue weighted by molar-refractivity contribution is 14.2. The van der Waals surface area contributed by atoms with Crippen molar-refractivity contribution < 1.29 is 13.7 Å². The summed E-state index contributed by atoms with van der Waals surface area (Å²) >= 11 is 2.11. The van der Waals surface area contributed by atoms with Crippen LogP contribution in [0.2, 0.25) is 0 Å². The average Bonchev–Trinajstić information content (AvgIpc) is 3.10. The standard InChI is InChI=1S/C12H14IN3O3S/c1-17-12-9-4-5-16(11(9)14-7-15-12)10-3-2-8(19-10)6-18-20-13/h4-5,7-8,10H,2-3,6H2,1H3. The first kappa shape index (κ1) is 14.4. The topological polar surface area (TPSA) is 58.4 Å². The van der Waals surface area contributed by atoms with Gasteiger partial charge in [-0.2, -0.15) is 0 Å². The third kappa shape index (κ3) is 2.74. The molecule has 3 rings (SSSR count). The van der Waals surface area contributed by atoms with E-state index in [1.165, 1.54) is 15.5 Å². The second kappa shape index (κ2) is 6.46. The molecule has 2 aromatic rings. The Morgan fingerprint density at radius 2 is 2.40 bits per heavy atom. The summed E-state index contributed by atoms with van der Waals surface area (Å²) in [6, 6.07) is 1.96. The molecule has 0 saturated carbocycles. The van der Waals surface area contributed by atoms with E-state index in [2.05, 4.69) is 31.2 Å². The normalized spacial score (nSPS) is 22.5. The van der Waals surface area contributed by atoms with Gasteiger partial charge in [-0.25, -0.2) is 9.97 Å². The quantitative estimate of drug-likeness (QED) is 0.561. The van der Waals surface area contributed by atoms with Crippen LogP contribution in [0.3, 0.4) is 0 Å². The summed E-state index contributed by atoms with van der Waals surface area (Å²) < 4.78 is 18.6. The zero-order valence-electron chi connectivity index (χ0n) is 10.9. The van der Waals surface area contributed by atoms with E-state index in [-0.39, 0.29) is 12.3 Å². The maximum absolute atomic E-state index is 6.01. The van der Waals surface area contributed by atoms with Gasteiger partial charge in [-0.15, -0.1) is 0 Å². The summed E-state index contributed by atoms with van der Waals surface area (Å²) in [5, 5.41) is 0.904. The molecule has 1 aliphatic heterocycles. The fraction of sp³-hybridized carbons (Fsp3) is 0.500. The number of halogens is 1. The van der Waals surface area contributed by atoms with Crippen LogP contribution in [0, 0.1) is 0 Å². The maximum Gasteiger partial charge on any atom is 0.225 e. The number of hydrogen-bond acceptors (Lipinski definition) is 6. The first-order valence-electron chi connectivity index (χ1n) is 6.24. The summed E-state index contributed by atoms with van der Waals surface area (Å²) in [5.74, 6) is 0.591. The van der Waals surface area contributed by atoms with Crippen LogP contribution in [0.25, 0.3) is 11.0 Å². The van der Waals surface area contributed by atoms with Gasteiger partial charge in [0.1, 0.15) is 18.2 Å². The van der Waals surface area contributed by atoms with Crippen molar-refractivity contribution >= 4 is 41.5 Å². The van der Waals surface area contributed by atoms with Crippen molar-refractivity contribution in [3.63, 3.8) is 0 Å². The second-order valence-corrected chi connectivity index (χ2v) is 5.92. The Kier molecular flexibility index (Phi) is 4.64. The Balaban J connectivity index is 1.81. The van der Waals surface area contributed by atoms with E-state index in [0.717, 1.165) is 23.9 Å². The van der Waals surface area contributed by atoms with E-state index >= 15 is 0 Å². The maximum atomic E-state index is 6.01. The van der Waals surface area contributed by atoms with Gasteiger partial charge < -0.3 is 18.2 Å². The lowest BCUT2D eigenvalue weighted by atomic mass is 10.2. The molecule has 108 valence electrons. The van der Waals surface area contributed by atoms with Gasteiger partial charge in [0, 0.05) is 27.4 Å². The van der Waals surface area contributed by atoms with Crippen molar-refractivity contribution in [2.75, 3.05) is 13.7 Å². The molecule has 0 aromatic carbocycles. The molecule has 2 aromatic heterocycles. The van der Waals surface area contributed by atoms with E-state index in [9.17, 15) is 0 Å². The molecule has 0 radical (unpaired) electrons. The van der Waals surface area contributed by atoms with Crippen molar-refractivity contribution in [3.05, 3.63) is 18.6 Å². The summed E-state index contributed by atoms with van der Waals surface area (Å²) in [6.07, 6.45) is 5.58. The molecule has 1 fully saturated rings. The third-order valence-corrected chi connectivity index (χ3v) is 4.35. The Morgan fingerprint density at radius 1 is 1.50 bits per heavy atom. The summed E-state index contributed by atoms with van der Waals surface area (Å²) in [5.41, 5.74) is 0.840. The molecule has 20 heavy (non-hydrogen) atoms. The minimum Gasteiger partial charge on any atom is -0.480 e. The highest BCUT2D eigenvalue weighted by Crippen LogP contribution is 2.33. The first-order chi connectivity index (χ1) is 9.83. The van der Waals surface area contributed by atoms with Crippen molar-refractivity contribution in [2.45, 2.75) is 25.2 Å². The lowest BCUT2D eigenvalue weighted by Crippen LogP contribution is -2.14. The number of ether oxygens (including phenoxy) is 2. The number of hydrogen-bond donors (Lipinski definition) is 0. The number of rotatable bonds is 5.